The Morgan fingerprint density at radius 1 is 1.03 bits per heavy atom. The summed E-state index contributed by atoms with van der Waals surface area (Å²) in [4.78, 5) is 22.4. The Balaban J connectivity index is 1.24. The number of amides is 1. The Hall–Kier alpha value is -3.43. The number of hydrogen-bond acceptors (Lipinski definition) is 7. The minimum Gasteiger partial charge on any atom is -0.372 e. The second-order valence-electron chi connectivity index (χ2n) is 9.37. The van der Waals surface area contributed by atoms with E-state index in [2.05, 4.69) is 58.5 Å². The largest absolute Gasteiger partial charge is 0.372 e. The van der Waals surface area contributed by atoms with E-state index in [1.54, 1.807) is 11.3 Å². The SMILES string of the molecule is Cc1sc2nc(Cc3ccccc3)n3c(SCC(=O)Nc4ccc(N5CCCC5)cc4)nnc3c2c1C. The molecule has 1 saturated heterocycles. The van der Waals surface area contributed by atoms with Crippen molar-refractivity contribution in [3.05, 3.63) is 76.4 Å². The lowest BCUT2D eigenvalue weighted by atomic mass is 10.1. The number of anilines is 2. The monoisotopic (exact) mass is 528 g/mol. The molecule has 4 heterocycles. The summed E-state index contributed by atoms with van der Waals surface area (Å²) in [7, 11) is 0. The van der Waals surface area contributed by atoms with Gasteiger partial charge in [-0.15, -0.1) is 21.5 Å². The number of carbonyl (C=O) groups is 1. The van der Waals surface area contributed by atoms with Gasteiger partial charge in [0.15, 0.2) is 10.8 Å². The number of carbonyl (C=O) groups excluding carboxylic acids is 1. The lowest BCUT2D eigenvalue weighted by Crippen LogP contribution is -2.18. The summed E-state index contributed by atoms with van der Waals surface area (Å²) in [5.41, 5.74) is 5.17. The number of nitrogens with one attached hydrogen (secondary N) is 1. The zero-order valence-corrected chi connectivity index (χ0v) is 22.5. The molecule has 5 aromatic rings. The van der Waals surface area contributed by atoms with E-state index in [0.717, 1.165) is 40.5 Å². The minimum absolute atomic E-state index is 0.0723. The second kappa shape index (κ2) is 10.1. The van der Waals surface area contributed by atoms with Crippen LogP contribution in [-0.2, 0) is 11.2 Å². The lowest BCUT2D eigenvalue weighted by Gasteiger charge is -2.17. The molecule has 6 rings (SSSR count). The highest BCUT2D eigenvalue weighted by molar-refractivity contribution is 7.99. The number of thiophene rings is 1. The van der Waals surface area contributed by atoms with Gasteiger partial charge in [-0.05, 0) is 62.1 Å². The first-order valence-electron chi connectivity index (χ1n) is 12.5. The van der Waals surface area contributed by atoms with Crippen LogP contribution in [0.5, 0.6) is 0 Å². The fourth-order valence-electron chi connectivity index (χ4n) is 4.83. The van der Waals surface area contributed by atoms with Crippen molar-refractivity contribution in [2.75, 3.05) is 29.1 Å². The Morgan fingerprint density at radius 2 is 1.78 bits per heavy atom. The molecule has 0 aliphatic carbocycles. The van der Waals surface area contributed by atoms with E-state index in [0.29, 0.717) is 11.6 Å². The summed E-state index contributed by atoms with van der Waals surface area (Å²) >= 11 is 3.08. The first-order chi connectivity index (χ1) is 18.1. The molecule has 0 saturated carbocycles. The van der Waals surface area contributed by atoms with E-state index in [9.17, 15) is 4.79 Å². The Bertz CT molecular complexity index is 1570. The van der Waals surface area contributed by atoms with Crippen LogP contribution < -0.4 is 10.2 Å². The molecule has 2 aromatic carbocycles. The highest BCUT2D eigenvalue weighted by Gasteiger charge is 2.20. The average Bonchev–Trinajstić information content (AvgIpc) is 3.64. The number of nitrogens with zero attached hydrogens (tertiary/aromatic N) is 5. The first kappa shape index (κ1) is 23.9. The Labute approximate surface area is 223 Å². The van der Waals surface area contributed by atoms with Crippen molar-refractivity contribution in [1.29, 1.82) is 0 Å². The van der Waals surface area contributed by atoms with Crippen molar-refractivity contribution in [2.45, 2.75) is 38.3 Å². The molecule has 7 nitrogen and oxygen atoms in total. The molecular weight excluding hydrogens is 500 g/mol. The van der Waals surface area contributed by atoms with E-state index < -0.39 is 0 Å². The van der Waals surface area contributed by atoms with Crippen molar-refractivity contribution in [3.63, 3.8) is 0 Å². The van der Waals surface area contributed by atoms with Crippen molar-refractivity contribution >= 4 is 56.2 Å². The normalized spacial score (nSPS) is 13.6. The summed E-state index contributed by atoms with van der Waals surface area (Å²) in [6.07, 6.45) is 3.14. The number of benzene rings is 2. The molecule has 1 N–H and O–H groups in total. The fraction of sp³-hybridized carbons (Fsp3) is 0.286. The number of aromatic nitrogens is 4. The molecule has 1 aliphatic heterocycles. The standard InChI is InChI=1S/C28H28N6OS2/c1-18-19(2)37-27-25(18)26-31-32-28(34(26)23(30-27)16-20-8-4-3-5-9-20)36-17-24(35)29-21-10-12-22(13-11-21)33-14-6-7-15-33/h3-5,8-13H,6-7,14-17H2,1-2H3,(H,29,35). The van der Waals surface area contributed by atoms with Crippen molar-refractivity contribution in [1.82, 2.24) is 19.6 Å². The zero-order chi connectivity index (χ0) is 25.4. The summed E-state index contributed by atoms with van der Waals surface area (Å²) in [6.45, 7) is 6.43. The quantitative estimate of drug-likeness (QED) is 0.266. The van der Waals surface area contributed by atoms with Gasteiger partial charge in [-0.1, -0.05) is 42.1 Å². The maximum atomic E-state index is 12.8. The third-order valence-electron chi connectivity index (χ3n) is 6.87. The van der Waals surface area contributed by atoms with E-state index in [-0.39, 0.29) is 11.7 Å². The molecule has 1 aliphatic rings. The van der Waals surface area contributed by atoms with E-state index in [4.69, 9.17) is 4.98 Å². The molecule has 1 amide bonds. The van der Waals surface area contributed by atoms with E-state index in [1.165, 1.54) is 46.3 Å². The van der Waals surface area contributed by atoms with Gasteiger partial charge in [-0.25, -0.2) is 4.98 Å². The second-order valence-corrected chi connectivity index (χ2v) is 11.5. The van der Waals surface area contributed by atoms with Crippen LogP contribution in [-0.4, -0.2) is 44.3 Å². The van der Waals surface area contributed by atoms with Gasteiger partial charge in [0.25, 0.3) is 0 Å². The van der Waals surface area contributed by atoms with Crippen LogP contribution in [0.15, 0.2) is 59.8 Å². The van der Waals surface area contributed by atoms with Gasteiger partial charge in [0, 0.05) is 35.8 Å². The highest BCUT2D eigenvalue weighted by Crippen LogP contribution is 2.34. The van der Waals surface area contributed by atoms with Crippen LogP contribution in [0.25, 0.3) is 15.9 Å². The molecule has 188 valence electrons. The van der Waals surface area contributed by atoms with Gasteiger partial charge < -0.3 is 10.2 Å². The summed E-state index contributed by atoms with van der Waals surface area (Å²) < 4.78 is 2.03. The minimum atomic E-state index is -0.0723. The van der Waals surface area contributed by atoms with Crippen molar-refractivity contribution in [2.24, 2.45) is 0 Å². The van der Waals surface area contributed by atoms with Crippen molar-refractivity contribution in [3.8, 4) is 0 Å². The van der Waals surface area contributed by atoms with Crippen LogP contribution >= 0.6 is 23.1 Å². The van der Waals surface area contributed by atoms with Crippen LogP contribution in [0, 0.1) is 13.8 Å². The van der Waals surface area contributed by atoms with Gasteiger partial charge in [-0.2, -0.15) is 0 Å². The molecule has 0 bridgehead atoms. The smallest absolute Gasteiger partial charge is 0.234 e. The molecule has 3 aromatic heterocycles. The van der Waals surface area contributed by atoms with Crippen molar-refractivity contribution < 1.29 is 4.79 Å². The molecule has 0 radical (unpaired) electrons. The van der Waals surface area contributed by atoms with Gasteiger partial charge in [-0.3, -0.25) is 9.20 Å². The third-order valence-corrected chi connectivity index (χ3v) is 8.90. The van der Waals surface area contributed by atoms with Gasteiger partial charge >= 0.3 is 0 Å². The maximum absolute atomic E-state index is 12.8. The van der Waals surface area contributed by atoms with Crippen LogP contribution in [0.4, 0.5) is 11.4 Å². The third kappa shape index (κ3) is 4.81. The lowest BCUT2D eigenvalue weighted by molar-refractivity contribution is -0.113. The highest BCUT2D eigenvalue weighted by atomic mass is 32.2. The summed E-state index contributed by atoms with van der Waals surface area (Å²) in [5.74, 6) is 1.04. The maximum Gasteiger partial charge on any atom is 0.234 e. The molecular formula is C28H28N6OS2. The molecule has 0 spiro atoms. The Morgan fingerprint density at radius 3 is 2.54 bits per heavy atom. The molecule has 0 atom stereocenters. The average molecular weight is 529 g/mol. The number of fused-ring (bicyclic) bond motifs is 3. The fourth-order valence-corrected chi connectivity index (χ4v) is 6.63. The molecule has 37 heavy (non-hydrogen) atoms. The molecule has 0 unspecified atom stereocenters. The summed E-state index contributed by atoms with van der Waals surface area (Å²) in [5, 5.41) is 13.8. The Kier molecular flexibility index (Phi) is 6.56. The van der Waals surface area contributed by atoms with E-state index in [1.807, 2.05) is 34.7 Å². The number of hydrogen-bond donors (Lipinski definition) is 1. The van der Waals surface area contributed by atoms with Gasteiger partial charge in [0.05, 0.1) is 11.1 Å². The topological polar surface area (TPSA) is 75.4 Å². The van der Waals surface area contributed by atoms with Crippen LogP contribution in [0.1, 0.15) is 34.7 Å². The summed E-state index contributed by atoms with van der Waals surface area (Å²) in [6, 6.07) is 18.4. The molecule has 1 fully saturated rings. The van der Waals surface area contributed by atoms with Gasteiger partial charge in [0.2, 0.25) is 5.91 Å². The first-order valence-corrected chi connectivity index (χ1v) is 14.3. The number of thioether (sulfide) groups is 1. The number of aryl methyl sites for hydroxylation is 2. The van der Waals surface area contributed by atoms with Crippen LogP contribution in [0.2, 0.25) is 0 Å². The zero-order valence-electron chi connectivity index (χ0n) is 20.9. The van der Waals surface area contributed by atoms with Gasteiger partial charge in [0.1, 0.15) is 10.7 Å². The predicted molar refractivity (Wildman–Crippen MR) is 152 cm³/mol. The van der Waals surface area contributed by atoms with Crippen LogP contribution in [0.3, 0.4) is 0 Å². The predicted octanol–water partition coefficient (Wildman–Crippen LogP) is 5.88. The number of rotatable bonds is 7. The molecule has 9 heteroatoms. The van der Waals surface area contributed by atoms with E-state index >= 15 is 0 Å².